The molecular weight excluding hydrogens is 1850 g/mol. The van der Waals surface area contributed by atoms with Crippen molar-refractivity contribution >= 4 is 194 Å². The van der Waals surface area contributed by atoms with Crippen molar-refractivity contribution in [3.05, 3.63) is 227 Å². The molecule has 8 rings (SSSR count). The number of halogens is 2. The van der Waals surface area contributed by atoms with Gasteiger partial charge in [-0.15, -0.1) is 0 Å². The molecule has 0 atom stereocenters. The van der Waals surface area contributed by atoms with Crippen LogP contribution in [0.5, 0.6) is 17.2 Å². The number of ether oxygens (including phenoxy) is 10. The van der Waals surface area contributed by atoms with Gasteiger partial charge in [0.05, 0.1) is 176 Å². The van der Waals surface area contributed by atoms with Gasteiger partial charge in [-0.1, -0.05) is 213 Å². The average Bonchev–Trinajstić information content (AvgIpc) is 0.766. The molecule has 1 fully saturated rings. The fourth-order valence-electron chi connectivity index (χ4n) is 12.7. The summed E-state index contributed by atoms with van der Waals surface area (Å²) in [5.74, 6) is -12.7. The molecule has 0 unspecified atom stereocenters. The van der Waals surface area contributed by atoms with Crippen LogP contribution in [0.4, 0.5) is 8.78 Å². The minimum atomic E-state index is -6.38. The Balaban J connectivity index is 0.000000363. The maximum atomic E-state index is 14.4. The Hall–Kier alpha value is -10.5. The lowest BCUT2D eigenvalue weighted by molar-refractivity contribution is -0.155. The van der Waals surface area contributed by atoms with Gasteiger partial charge in [0.15, 0.2) is 16.7 Å². The smallest absolute Gasteiger partial charge is 0.367 e. The molecule has 1 saturated carbocycles. The molecule has 1 aliphatic rings. The maximum absolute atomic E-state index is 14.4. The van der Waals surface area contributed by atoms with Crippen LogP contribution in [0.2, 0.25) is 0 Å². The predicted octanol–water partition coefficient (Wildman–Crippen LogP) is 4.26. The Labute approximate surface area is 810 Å². The van der Waals surface area contributed by atoms with Crippen LogP contribution in [-0.4, -0.2) is 255 Å². The fourth-order valence-corrected chi connectivity index (χ4v) is 13.8. The van der Waals surface area contributed by atoms with Crippen LogP contribution >= 0.6 is 0 Å². The molecular formula is C87H86B12F2O32S4-4. The van der Waals surface area contributed by atoms with E-state index in [1.807, 2.05) is 72.8 Å². The molecule has 0 aliphatic heterocycles. The van der Waals surface area contributed by atoms with E-state index in [-0.39, 0.29) is 184 Å². The van der Waals surface area contributed by atoms with E-state index in [9.17, 15) is 109 Å². The van der Waals surface area contributed by atoms with Crippen LogP contribution in [0.3, 0.4) is 0 Å². The lowest BCUT2D eigenvalue weighted by Gasteiger charge is -2.26. The molecule has 24 radical (unpaired) electrons. The van der Waals surface area contributed by atoms with Gasteiger partial charge in [0.2, 0.25) is 0 Å². The van der Waals surface area contributed by atoms with Crippen LogP contribution in [-0.2, 0) is 198 Å². The molecule has 0 amide bonds. The summed E-state index contributed by atoms with van der Waals surface area (Å²) >= 11 is 0. The highest BCUT2D eigenvalue weighted by atomic mass is 32.2. The monoisotopic (exact) mass is 1940 g/mol. The van der Waals surface area contributed by atoms with Gasteiger partial charge in [-0.05, 0) is 106 Å². The van der Waals surface area contributed by atoms with Gasteiger partial charge in [-0.2, -0.15) is 8.78 Å². The first-order valence-electron chi connectivity index (χ1n) is 41.9. The highest BCUT2D eigenvalue weighted by Gasteiger charge is 2.41. The highest BCUT2D eigenvalue weighted by Crippen LogP contribution is 2.36. The van der Waals surface area contributed by atoms with Gasteiger partial charge in [-0.25, -0.2) is 52.8 Å². The third-order valence-electron chi connectivity index (χ3n) is 20.0. The minimum absolute atomic E-state index is 0.0275. The van der Waals surface area contributed by atoms with Crippen LogP contribution in [0.1, 0.15) is 189 Å². The van der Waals surface area contributed by atoms with Crippen molar-refractivity contribution in [2.24, 2.45) is 11.8 Å². The van der Waals surface area contributed by atoms with Crippen molar-refractivity contribution in [1.82, 2.24) is 0 Å². The minimum Gasteiger partial charge on any atom is -0.748 e. The van der Waals surface area contributed by atoms with E-state index in [0.717, 1.165) is 33.4 Å². The van der Waals surface area contributed by atoms with Gasteiger partial charge in [-0.3, -0.25) is 28.8 Å². The first-order chi connectivity index (χ1) is 64.7. The number of hydrogen-bond acceptors (Lipinski definition) is 32. The van der Waals surface area contributed by atoms with E-state index in [0.29, 0.717) is 73.5 Å². The topological polar surface area (TPSA) is 492 Å². The zero-order chi connectivity index (χ0) is 102. The quantitative estimate of drug-likeness (QED) is 0.0169. The second-order valence-corrected chi connectivity index (χ2v) is 36.0. The maximum Gasteiger partial charge on any atom is 0.367 e. The van der Waals surface area contributed by atoms with Gasteiger partial charge in [0.1, 0.15) is 56.9 Å². The molecule has 0 heterocycles. The van der Waals surface area contributed by atoms with Gasteiger partial charge >= 0.3 is 64.9 Å². The highest BCUT2D eigenvalue weighted by molar-refractivity contribution is 7.87. The Bertz CT molecular complexity index is 5740. The first kappa shape index (κ1) is 117. The number of benzene rings is 7. The number of carbonyl (C=O) groups excluding carboxylic acids is 10. The van der Waals surface area contributed by atoms with E-state index in [1.165, 1.54) is 36.4 Å². The van der Waals surface area contributed by atoms with Crippen LogP contribution in [0.15, 0.2) is 121 Å². The second-order valence-electron chi connectivity index (χ2n) is 29.9. The van der Waals surface area contributed by atoms with E-state index < -0.39 is 165 Å². The average molecular weight is 1940 g/mol. The predicted molar refractivity (Wildman–Crippen MR) is 497 cm³/mol. The first-order valence-corrected chi connectivity index (χ1v) is 48.1. The van der Waals surface area contributed by atoms with Gasteiger partial charge in [0.25, 0.3) is 0 Å². The zero-order valence-electron chi connectivity index (χ0n) is 74.2. The summed E-state index contributed by atoms with van der Waals surface area (Å²) < 4.78 is 207. The molecule has 32 nitrogen and oxygen atoms in total. The number of esters is 10. The largest absolute Gasteiger partial charge is 0.748 e. The Morgan fingerprint density at radius 3 is 0.956 bits per heavy atom. The summed E-state index contributed by atoms with van der Waals surface area (Å²) in [7, 11) is 50.2. The third kappa shape index (κ3) is 40.5. The molecule has 0 N–H and O–H groups in total. The van der Waals surface area contributed by atoms with Crippen molar-refractivity contribution in [2.45, 2.75) is 165 Å². The Kier molecular flexibility index (Phi) is 49.4. The standard InChI is InChI=1S/C39H29B9F2O11S.C18H23BO7S.2C15H19BO7S/c40-9-19-1-22(12-43)32(23(2-19)13-44)59-36(52)29-8-31(38(54)61-34-26(16-47)5-21(11-42)6-27(34)17-48)30(7-28(29)35(51)58-18-39(49,50)62(55,56)57)37(53)60-33-24(14-45)3-20(10-41)4-25(33)15-46;19-11-13-1-3-14(4-2-13)12-26-18(21)16-7-5-15(6-8-16)17(20)25-9-10-27(22,23)24;16-10-12-3-1-4-13(9-12)11-23-15(18)6-2-5-14(17)22-7-8-24(19,20)21;16-10-12-4-1-2-5-13(12)11-23-15(18)7-3-6-14(17)22-8-9-24(19,20)21/h1-8H,9-18H2,(H,55,56,57);1-4,15-16H,5-12H2,(H,22,23,24);1,3-4,9H,2,5-8,10-11H2,(H,19,20,21);1-2,4-5H,3,6-11H2,(H,19,20,21)/p-4. The van der Waals surface area contributed by atoms with Crippen LogP contribution in [0, 0.1) is 11.8 Å². The molecule has 7 aromatic rings. The molecule has 0 aromatic heterocycles. The molecule has 50 heteroatoms. The van der Waals surface area contributed by atoms with E-state index in [2.05, 4.69) is 14.2 Å². The summed E-state index contributed by atoms with van der Waals surface area (Å²) in [6, 6.07) is 32.5. The number of hydrogen-bond donors (Lipinski definition) is 0. The van der Waals surface area contributed by atoms with Crippen molar-refractivity contribution in [1.29, 1.82) is 0 Å². The summed E-state index contributed by atoms with van der Waals surface area (Å²) in [5.41, 5.74) is 4.70. The SMILES string of the molecule is [B]Cc1cc(C[B])c(OC(=O)c2cc(C(=O)Oc3c(C[B])cc(C[B])cc3C[B])c(C(=O)Oc3c(C[B])cc(C[B])cc3C[B])cc2C(=O)OCC(F)(F)S(=O)(=O)[O-])c(C[B])c1.[B]Cc1ccc(COC(=O)C2CCC(C(=O)OCCS(=O)(=O)[O-])CC2)cc1.[B]Cc1cccc(COC(=O)CCCC(=O)OCCS(=O)(=O)[O-])c1.[B]Cc1ccccc1COC(=O)CCCC(=O)OCCS(=O)(=O)[O-]. The lowest BCUT2D eigenvalue weighted by atomic mass is 9.82. The van der Waals surface area contributed by atoms with Crippen molar-refractivity contribution in [2.75, 3.05) is 43.7 Å². The fraction of sp³-hybridized carbons (Fsp3) is 0.402. The normalized spacial score (nSPS) is 13.0. The van der Waals surface area contributed by atoms with Crippen molar-refractivity contribution in [3.8, 4) is 17.2 Å². The zero-order valence-corrected chi connectivity index (χ0v) is 77.5. The van der Waals surface area contributed by atoms with E-state index in [1.54, 1.807) is 0 Å². The third-order valence-corrected chi connectivity index (χ3v) is 22.8. The molecule has 704 valence electrons. The molecule has 0 bridgehead atoms. The number of rotatable bonds is 47. The molecule has 137 heavy (non-hydrogen) atoms. The van der Waals surface area contributed by atoms with Gasteiger partial charge in [0, 0.05) is 25.7 Å². The molecule has 0 saturated heterocycles. The van der Waals surface area contributed by atoms with Crippen molar-refractivity contribution < 1.29 is 156 Å². The van der Waals surface area contributed by atoms with E-state index in [4.69, 9.17) is 127 Å². The van der Waals surface area contributed by atoms with E-state index >= 15 is 0 Å². The number of carbonyl (C=O) groups is 10. The van der Waals surface area contributed by atoms with Crippen LogP contribution < -0.4 is 14.2 Å². The number of alkyl halides is 2. The Morgan fingerprint density at radius 2 is 0.613 bits per heavy atom. The summed E-state index contributed by atoms with van der Waals surface area (Å²) in [6.07, 6.45) is 2.29. The lowest BCUT2D eigenvalue weighted by Crippen LogP contribution is -2.35. The van der Waals surface area contributed by atoms with Crippen LogP contribution in [0.25, 0.3) is 0 Å². The molecule has 1 aliphatic carbocycles. The second kappa shape index (κ2) is 57.8. The summed E-state index contributed by atoms with van der Waals surface area (Å²) in [5, 5.41) is -5.15. The summed E-state index contributed by atoms with van der Waals surface area (Å²) in [4.78, 5) is 126. The molecule has 0 spiro atoms. The Morgan fingerprint density at radius 1 is 0.307 bits per heavy atom. The molecule has 7 aromatic carbocycles. The summed E-state index contributed by atoms with van der Waals surface area (Å²) in [6.45, 7) is -3.31. The van der Waals surface area contributed by atoms with Crippen molar-refractivity contribution in [3.63, 3.8) is 0 Å². The van der Waals surface area contributed by atoms with Gasteiger partial charge < -0.3 is 65.6 Å².